The number of para-hydroxylation sites is 1. The van der Waals surface area contributed by atoms with E-state index in [1.807, 2.05) is 25.4 Å². The maximum Gasteiger partial charge on any atom is 0.0577 e. The first kappa shape index (κ1) is 8.86. The summed E-state index contributed by atoms with van der Waals surface area (Å²) in [6.07, 6.45) is 1.95. The molecule has 2 heteroatoms. The first-order valence-corrected chi connectivity index (χ1v) is 4.61. The Hall–Kier alpha value is -1.72. The van der Waals surface area contributed by atoms with E-state index in [1.54, 1.807) is 0 Å². The fourth-order valence-electron chi connectivity index (χ4n) is 1.40. The second-order valence-corrected chi connectivity index (χ2v) is 3.08. The molecule has 2 nitrogen and oxygen atoms in total. The van der Waals surface area contributed by atoms with Crippen LogP contribution in [0.1, 0.15) is 5.56 Å². The fourth-order valence-corrected chi connectivity index (χ4v) is 1.40. The molecule has 0 aliphatic rings. The predicted octanol–water partition coefficient (Wildman–Crippen LogP) is 1.74. The first-order valence-electron chi connectivity index (χ1n) is 4.61. The predicted molar refractivity (Wildman–Crippen MR) is 59.1 cm³/mol. The van der Waals surface area contributed by atoms with Gasteiger partial charge in [0, 0.05) is 22.7 Å². The maximum absolute atomic E-state index is 3.19. The van der Waals surface area contributed by atoms with Crippen LogP contribution in [0.3, 0.4) is 0 Å². The second kappa shape index (κ2) is 3.99. The number of nitrogens with one attached hydrogen (secondary N) is 2. The lowest BCUT2D eigenvalue weighted by Crippen LogP contribution is -2.04. The van der Waals surface area contributed by atoms with Crippen LogP contribution in [0.25, 0.3) is 10.9 Å². The van der Waals surface area contributed by atoms with E-state index in [1.165, 1.54) is 5.39 Å². The minimum Gasteiger partial charge on any atom is -0.360 e. The summed E-state index contributed by atoms with van der Waals surface area (Å²) in [6.45, 7) is 0.722. The van der Waals surface area contributed by atoms with Crippen molar-refractivity contribution in [2.75, 3.05) is 13.6 Å². The van der Waals surface area contributed by atoms with Gasteiger partial charge in [-0.2, -0.15) is 0 Å². The zero-order valence-electron chi connectivity index (χ0n) is 8.09. The largest absolute Gasteiger partial charge is 0.360 e. The third kappa shape index (κ3) is 1.63. The van der Waals surface area contributed by atoms with Crippen LogP contribution in [0.4, 0.5) is 0 Å². The molecule has 1 heterocycles. The van der Waals surface area contributed by atoms with Crippen molar-refractivity contribution in [2.24, 2.45) is 0 Å². The van der Waals surface area contributed by atoms with Crippen molar-refractivity contribution in [3.05, 3.63) is 36.0 Å². The molecule has 2 aromatic rings. The fraction of sp³-hybridized carbons (Fsp3) is 0.167. The number of aromatic amines is 1. The number of benzene rings is 1. The van der Waals surface area contributed by atoms with E-state index in [-0.39, 0.29) is 0 Å². The second-order valence-electron chi connectivity index (χ2n) is 3.08. The molecule has 14 heavy (non-hydrogen) atoms. The Balaban J connectivity index is 2.40. The van der Waals surface area contributed by atoms with Crippen LogP contribution in [0.2, 0.25) is 0 Å². The summed E-state index contributed by atoms with van der Waals surface area (Å²) in [5, 5.41) is 4.19. The lowest BCUT2D eigenvalue weighted by molar-refractivity contribution is 0.938. The molecule has 0 aliphatic carbocycles. The average molecular weight is 184 g/mol. The standard InChI is InChI=1S/C12H12N2/c1-13-8-4-5-10-9-14-12-7-3-2-6-11(10)12/h2-3,6-7,9,13-14H,8H2,1H3. The van der Waals surface area contributed by atoms with Gasteiger partial charge in [0.15, 0.2) is 0 Å². The van der Waals surface area contributed by atoms with Crippen molar-refractivity contribution in [2.45, 2.75) is 0 Å². The minimum absolute atomic E-state index is 0.722. The SMILES string of the molecule is CNCC#Cc1c[nH]c2ccccc12. The normalized spacial score (nSPS) is 9.79. The third-order valence-electron chi connectivity index (χ3n) is 2.08. The highest BCUT2D eigenvalue weighted by molar-refractivity contribution is 5.85. The van der Waals surface area contributed by atoms with Gasteiger partial charge in [-0.15, -0.1) is 0 Å². The number of rotatable bonds is 1. The van der Waals surface area contributed by atoms with E-state index in [4.69, 9.17) is 0 Å². The molecule has 0 spiro atoms. The average Bonchev–Trinajstić information content (AvgIpc) is 2.63. The van der Waals surface area contributed by atoms with E-state index in [9.17, 15) is 0 Å². The lowest BCUT2D eigenvalue weighted by Gasteiger charge is -1.88. The molecule has 2 rings (SSSR count). The van der Waals surface area contributed by atoms with Gasteiger partial charge in [0.25, 0.3) is 0 Å². The molecule has 0 saturated carbocycles. The van der Waals surface area contributed by atoms with Gasteiger partial charge in [-0.25, -0.2) is 0 Å². The quantitative estimate of drug-likeness (QED) is 0.649. The van der Waals surface area contributed by atoms with Crippen molar-refractivity contribution in [1.82, 2.24) is 10.3 Å². The van der Waals surface area contributed by atoms with Gasteiger partial charge in [-0.3, -0.25) is 0 Å². The molecule has 0 atom stereocenters. The van der Waals surface area contributed by atoms with Gasteiger partial charge in [-0.05, 0) is 13.1 Å². The van der Waals surface area contributed by atoms with Crippen LogP contribution >= 0.6 is 0 Å². The van der Waals surface area contributed by atoms with E-state index in [0.29, 0.717) is 0 Å². The molecular formula is C12H12N2. The number of hydrogen-bond donors (Lipinski definition) is 2. The van der Waals surface area contributed by atoms with Gasteiger partial charge in [0.05, 0.1) is 6.54 Å². The Labute approximate surface area is 83.3 Å². The molecule has 0 unspecified atom stereocenters. The van der Waals surface area contributed by atoms with E-state index >= 15 is 0 Å². The van der Waals surface area contributed by atoms with Crippen LogP contribution in [0.5, 0.6) is 0 Å². The Morgan fingerprint density at radius 2 is 2.21 bits per heavy atom. The Morgan fingerprint density at radius 1 is 1.36 bits per heavy atom. The van der Waals surface area contributed by atoms with E-state index < -0.39 is 0 Å². The van der Waals surface area contributed by atoms with Crippen LogP contribution < -0.4 is 5.32 Å². The number of fused-ring (bicyclic) bond motifs is 1. The molecule has 0 aliphatic heterocycles. The molecule has 0 fully saturated rings. The Morgan fingerprint density at radius 3 is 3.07 bits per heavy atom. The Kier molecular flexibility index (Phi) is 2.53. The molecule has 0 saturated heterocycles. The molecule has 2 N–H and O–H groups in total. The molecule has 0 radical (unpaired) electrons. The summed E-state index contributed by atoms with van der Waals surface area (Å²) in [5.74, 6) is 6.17. The summed E-state index contributed by atoms with van der Waals surface area (Å²) >= 11 is 0. The molecule has 1 aromatic carbocycles. The third-order valence-corrected chi connectivity index (χ3v) is 2.08. The van der Waals surface area contributed by atoms with Crippen molar-refractivity contribution in [1.29, 1.82) is 0 Å². The van der Waals surface area contributed by atoms with Crippen molar-refractivity contribution < 1.29 is 0 Å². The van der Waals surface area contributed by atoms with Crippen LogP contribution in [0, 0.1) is 11.8 Å². The molecule has 0 amide bonds. The zero-order chi connectivity index (χ0) is 9.80. The maximum atomic E-state index is 3.19. The smallest absolute Gasteiger partial charge is 0.0577 e. The van der Waals surface area contributed by atoms with Crippen molar-refractivity contribution >= 4 is 10.9 Å². The van der Waals surface area contributed by atoms with Gasteiger partial charge in [-0.1, -0.05) is 30.0 Å². The van der Waals surface area contributed by atoms with Crippen LogP contribution in [-0.2, 0) is 0 Å². The van der Waals surface area contributed by atoms with Crippen molar-refractivity contribution in [3.8, 4) is 11.8 Å². The minimum atomic E-state index is 0.722. The van der Waals surface area contributed by atoms with Gasteiger partial charge >= 0.3 is 0 Å². The zero-order valence-corrected chi connectivity index (χ0v) is 8.09. The van der Waals surface area contributed by atoms with E-state index in [2.05, 4.69) is 34.3 Å². The highest BCUT2D eigenvalue weighted by Gasteiger charge is 1.97. The first-order chi connectivity index (χ1) is 6.92. The molecule has 70 valence electrons. The van der Waals surface area contributed by atoms with Gasteiger partial charge < -0.3 is 10.3 Å². The molecular weight excluding hydrogens is 172 g/mol. The van der Waals surface area contributed by atoms with Crippen LogP contribution in [0.15, 0.2) is 30.5 Å². The molecule has 0 bridgehead atoms. The summed E-state index contributed by atoms with van der Waals surface area (Å²) in [7, 11) is 1.89. The van der Waals surface area contributed by atoms with E-state index in [0.717, 1.165) is 17.6 Å². The highest BCUT2D eigenvalue weighted by Crippen LogP contribution is 2.15. The monoisotopic (exact) mass is 184 g/mol. The van der Waals surface area contributed by atoms with Gasteiger partial charge in [0.1, 0.15) is 0 Å². The number of H-pyrrole nitrogens is 1. The number of hydrogen-bond acceptors (Lipinski definition) is 1. The summed E-state index contributed by atoms with van der Waals surface area (Å²) in [6, 6.07) is 8.18. The summed E-state index contributed by atoms with van der Waals surface area (Å²) in [4.78, 5) is 3.19. The van der Waals surface area contributed by atoms with Crippen LogP contribution in [-0.4, -0.2) is 18.6 Å². The topological polar surface area (TPSA) is 27.8 Å². The molecule has 1 aromatic heterocycles. The van der Waals surface area contributed by atoms with Gasteiger partial charge in [0.2, 0.25) is 0 Å². The van der Waals surface area contributed by atoms with Crippen molar-refractivity contribution in [3.63, 3.8) is 0 Å². The Bertz CT molecular complexity index is 485. The summed E-state index contributed by atoms with van der Waals surface area (Å²) in [5.41, 5.74) is 2.21. The highest BCUT2D eigenvalue weighted by atomic mass is 14.8. The lowest BCUT2D eigenvalue weighted by atomic mass is 10.2. The summed E-state index contributed by atoms with van der Waals surface area (Å²) < 4.78 is 0. The number of aromatic nitrogens is 1.